The van der Waals surface area contributed by atoms with Crippen LogP contribution in [0, 0.1) is 0 Å². The molecule has 0 saturated carbocycles. The zero-order valence-corrected chi connectivity index (χ0v) is 7.53. The molecule has 13 heavy (non-hydrogen) atoms. The minimum atomic E-state index is -0.263. The molecule has 0 radical (unpaired) electrons. The minimum Gasteiger partial charge on any atom is -0.496 e. The first kappa shape index (κ1) is 8.10. The van der Waals surface area contributed by atoms with Crippen molar-refractivity contribution in [3.8, 4) is 5.75 Å². The van der Waals surface area contributed by atoms with Crippen LogP contribution in [0.3, 0.4) is 0 Å². The lowest BCUT2D eigenvalue weighted by Crippen LogP contribution is -1.93. The predicted molar refractivity (Wildman–Crippen MR) is 46.8 cm³/mol. The van der Waals surface area contributed by atoms with E-state index in [1.807, 2.05) is 13.0 Å². The summed E-state index contributed by atoms with van der Waals surface area (Å²) in [6.07, 6.45) is -0.196. The van der Waals surface area contributed by atoms with Gasteiger partial charge in [0.1, 0.15) is 11.9 Å². The fourth-order valence-corrected chi connectivity index (χ4v) is 1.60. The van der Waals surface area contributed by atoms with Gasteiger partial charge in [0.15, 0.2) is 0 Å². The van der Waals surface area contributed by atoms with E-state index in [0.29, 0.717) is 5.56 Å². The molecule has 0 spiro atoms. The topological polar surface area (TPSA) is 35.5 Å². The first-order valence-electron chi connectivity index (χ1n) is 4.12. The van der Waals surface area contributed by atoms with Gasteiger partial charge in [-0.1, -0.05) is 6.07 Å². The largest absolute Gasteiger partial charge is 0.496 e. The molecule has 1 aromatic rings. The molecule has 0 aliphatic carbocycles. The Hall–Kier alpha value is -1.51. The molecule has 1 atom stereocenters. The maximum Gasteiger partial charge on any atom is 0.339 e. The Morgan fingerprint density at radius 1 is 1.46 bits per heavy atom. The highest BCUT2D eigenvalue weighted by molar-refractivity contribution is 5.94. The molecule has 1 heterocycles. The normalized spacial score (nSPS) is 19.5. The SMILES string of the molecule is COc1cccc2c1C(C)OC2=O. The van der Waals surface area contributed by atoms with E-state index in [0.717, 1.165) is 11.3 Å². The average molecular weight is 178 g/mol. The summed E-state index contributed by atoms with van der Waals surface area (Å²) in [4.78, 5) is 11.3. The quantitative estimate of drug-likeness (QED) is 0.616. The van der Waals surface area contributed by atoms with Crippen LogP contribution in [0.5, 0.6) is 5.75 Å². The van der Waals surface area contributed by atoms with Crippen LogP contribution >= 0.6 is 0 Å². The minimum absolute atomic E-state index is 0.196. The zero-order chi connectivity index (χ0) is 9.42. The highest BCUT2D eigenvalue weighted by Gasteiger charge is 2.30. The maximum absolute atomic E-state index is 11.3. The van der Waals surface area contributed by atoms with E-state index in [1.165, 1.54) is 0 Å². The van der Waals surface area contributed by atoms with Gasteiger partial charge in [-0.15, -0.1) is 0 Å². The fraction of sp³-hybridized carbons (Fsp3) is 0.300. The summed E-state index contributed by atoms with van der Waals surface area (Å²) in [6, 6.07) is 5.37. The van der Waals surface area contributed by atoms with Gasteiger partial charge in [0.25, 0.3) is 0 Å². The van der Waals surface area contributed by atoms with Gasteiger partial charge < -0.3 is 9.47 Å². The molecular formula is C10H10O3. The van der Waals surface area contributed by atoms with E-state index in [9.17, 15) is 4.79 Å². The molecular weight excluding hydrogens is 168 g/mol. The summed E-state index contributed by atoms with van der Waals surface area (Å²) in [5.41, 5.74) is 1.47. The van der Waals surface area contributed by atoms with Gasteiger partial charge in [0.05, 0.1) is 12.7 Å². The molecule has 1 unspecified atom stereocenters. The number of ether oxygens (including phenoxy) is 2. The number of cyclic esters (lactones) is 1. The molecule has 0 fully saturated rings. The molecule has 0 aromatic heterocycles. The average Bonchev–Trinajstić information content (AvgIpc) is 2.43. The third-order valence-corrected chi connectivity index (χ3v) is 2.20. The number of benzene rings is 1. The summed E-state index contributed by atoms with van der Waals surface area (Å²) in [5.74, 6) is 0.456. The number of rotatable bonds is 1. The van der Waals surface area contributed by atoms with E-state index in [4.69, 9.17) is 9.47 Å². The molecule has 3 nitrogen and oxygen atoms in total. The Balaban J connectivity index is 2.62. The van der Waals surface area contributed by atoms with Crippen LogP contribution in [0.15, 0.2) is 18.2 Å². The van der Waals surface area contributed by atoms with E-state index in [2.05, 4.69) is 0 Å². The second-order valence-electron chi connectivity index (χ2n) is 2.97. The lowest BCUT2D eigenvalue weighted by atomic mass is 10.1. The monoisotopic (exact) mass is 178 g/mol. The van der Waals surface area contributed by atoms with Gasteiger partial charge in [-0.05, 0) is 19.1 Å². The van der Waals surface area contributed by atoms with Gasteiger partial charge in [-0.25, -0.2) is 4.79 Å². The van der Waals surface area contributed by atoms with Crippen LogP contribution in [0.4, 0.5) is 0 Å². The molecule has 3 heteroatoms. The molecule has 2 rings (SSSR count). The van der Waals surface area contributed by atoms with Gasteiger partial charge in [-0.3, -0.25) is 0 Å². The smallest absolute Gasteiger partial charge is 0.339 e. The summed E-state index contributed by atoms with van der Waals surface area (Å²) < 4.78 is 10.2. The Morgan fingerprint density at radius 3 is 2.92 bits per heavy atom. The van der Waals surface area contributed by atoms with Gasteiger partial charge in [0.2, 0.25) is 0 Å². The summed E-state index contributed by atoms with van der Waals surface area (Å²) >= 11 is 0. The molecule has 0 saturated heterocycles. The first-order valence-corrected chi connectivity index (χ1v) is 4.12. The van der Waals surface area contributed by atoms with Gasteiger partial charge in [0, 0.05) is 5.56 Å². The van der Waals surface area contributed by atoms with Crippen LogP contribution in [-0.2, 0) is 4.74 Å². The van der Waals surface area contributed by atoms with Crippen molar-refractivity contribution in [2.45, 2.75) is 13.0 Å². The van der Waals surface area contributed by atoms with Crippen molar-refractivity contribution in [3.05, 3.63) is 29.3 Å². The number of fused-ring (bicyclic) bond motifs is 1. The predicted octanol–water partition coefficient (Wildman–Crippen LogP) is 1.93. The molecule has 1 aliphatic rings. The zero-order valence-electron chi connectivity index (χ0n) is 7.53. The third kappa shape index (κ3) is 1.08. The Kier molecular flexibility index (Phi) is 1.72. The van der Waals surface area contributed by atoms with Crippen molar-refractivity contribution < 1.29 is 14.3 Å². The Morgan fingerprint density at radius 2 is 2.23 bits per heavy atom. The van der Waals surface area contributed by atoms with Crippen LogP contribution in [0.2, 0.25) is 0 Å². The van der Waals surface area contributed by atoms with Crippen LogP contribution in [0.25, 0.3) is 0 Å². The van der Waals surface area contributed by atoms with Crippen LogP contribution in [0.1, 0.15) is 28.9 Å². The molecule has 0 N–H and O–H groups in total. The third-order valence-electron chi connectivity index (χ3n) is 2.20. The van der Waals surface area contributed by atoms with Crippen LogP contribution in [-0.4, -0.2) is 13.1 Å². The molecule has 0 amide bonds. The number of hydrogen-bond donors (Lipinski definition) is 0. The molecule has 68 valence electrons. The van der Waals surface area contributed by atoms with Gasteiger partial charge in [-0.2, -0.15) is 0 Å². The van der Waals surface area contributed by atoms with E-state index < -0.39 is 0 Å². The van der Waals surface area contributed by atoms with Crippen LogP contribution < -0.4 is 4.74 Å². The fourth-order valence-electron chi connectivity index (χ4n) is 1.60. The van der Waals surface area contributed by atoms with Gasteiger partial charge >= 0.3 is 5.97 Å². The van der Waals surface area contributed by atoms with Crippen molar-refractivity contribution in [1.82, 2.24) is 0 Å². The van der Waals surface area contributed by atoms with Crippen molar-refractivity contribution in [1.29, 1.82) is 0 Å². The molecule has 1 aliphatic heterocycles. The van der Waals surface area contributed by atoms with Crippen molar-refractivity contribution >= 4 is 5.97 Å². The maximum atomic E-state index is 11.3. The van der Waals surface area contributed by atoms with Crippen molar-refractivity contribution in [3.63, 3.8) is 0 Å². The van der Waals surface area contributed by atoms with E-state index in [-0.39, 0.29) is 12.1 Å². The number of carbonyl (C=O) groups excluding carboxylic acids is 1. The highest BCUT2D eigenvalue weighted by atomic mass is 16.5. The first-order chi connectivity index (χ1) is 6.24. The number of hydrogen-bond acceptors (Lipinski definition) is 3. The molecule has 0 bridgehead atoms. The number of carbonyl (C=O) groups is 1. The second kappa shape index (κ2) is 2.76. The highest BCUT2D eigenvalue weighted by Crippen LogP contribution is 2.36. The summed E-state index contributed by atoms with van der Waals surface area (Å²) in [7, 11) is 1.59. The molecule has 1 aromatic carbocycles. The summed E-state index contributed by atoms with van der Waals surface area (Å²) in [6.45, 7) is 1.84. The lowest BCUT2D eigenvalue weighted by molar-refractivity contribution is 0.0420. The Labute approximate surface area is 76.3 Å². The Bertz CT molecular complexity index is 357. The standard InChI is InChI=1S/C10H10O3/c1-6-9-7(10(11)13-6)4-3-5-8(9)12-2/h3-6H,1-2H3. The van der Waals surface area contributed by atoms with E-state index >= 15 is 0 Å². The lowest BCUT2D eigenvalue weighted by Gasteiger charge is -2.07. The second-order valence-corrected chi connectivity index (χ2v) is 2.97. The number of methoxy groups -OCH3 is 1. The summed E-state index contributed by atoms with van der Waals surface area (Å²) in [5, 5.41) is 0. The van der Waals surface area contributed by atoms with Crippen molar-refractivity contribution in [2.24, 2.45) is 0 Å². The number of esters is 1. The van der Waals surface area contributed by atoms with E-state index in [1.54, 1.807) is 19.2 Å². The van der Waals surface area contributed by atoms with Crippen molar-refractivity contribution in [2.75, 3.05) is 7.11 Å².